The molecule has 3 aromatic carbocycles. The van der Waals surface area contributed by atoms with E-state index < -0.39 is 29.3 Å². The van der Waals surface area contributed by atoms with Crippen LogP contribution in [0.15, 0.2) is 78.9 Å². The summed E-state index contributed by atoms with van der Waals surface area (Å²) in [5.74, 6) is -1.64. The van der Waals surface area contributed by atoms with E-state index >= 15 is 0 Å². The average molecular weight is 440 g/mol. The van der Waals surface area contributed by atoms with Crippen LogP contribution in [0.1, 0.15) is 51.7 Å². The number of nitrogens with zero attached hydrogens (tertiary/aromatic N) is 2. The van der Waals surface area contributed by atoms with Crippen molar-refractivity contribution in [1.29, 1.82) is 5.26 Å². The molecule has 0 aliphatic carbocycles. The Hall–Kier alpha value is -4.44. The zero-order chi connectivity index (χ0) is 23.6. The second-order valence-electron chi connectivity index (χ2n) is 7.99. The minimum absolute atomic E-state index is 0.216. The van der Waals surface area contributed by atoms with Gasteiger partial charge in [0.1, 0.15) is 5.75 Å². The smallest absolute Gasteiger partial charge is 0.363 e. The van der Waals surface area contributed by atoms with Gasteiger partial charge in [-0.25, -0.2) is 4.79 Å². The SMILES string of the molecule is CC1(C)Oc2ccc(C#N)cc2C(N(OC(=O)c2ccccc2)C(=O)c2ccccc2)C1=O. The Balaban J connectivity index is 1.85. The zero-order valence-corrected chi connectivity index (χ0v) is 18.0. The molecule has 1 heterocycles. The maximum atomic E-state index is 13.5. The number of carbonyl (C=O) groups is 3. The molecule has 0 bridgehead atoms. The lowest BCUT2D eigenvalue weighted by Gasteiger charge is -2.39. The van der Waals surface area contributed by atoms with Gasteiger partial charge < -0.3 is 9.57 Å². The fourth-order valence-electron chi connectivity index (χ4n) is 3.59. The van der Waals surface area contributed by atoms with Gasteiger partial charge in [-0.05, 0) is 56.3 Å². The number of amides is 1. The third kappa shape index (κ3) is 4.19. The zero-order valence-electron chi connectivity index (χ0n) is 18.0. The van der Waals surface area contributed by atoms with Crippen LogP contribution in [0.4, 0.5) is 0 Å². The molecule has 0 aromatic heterocycles. The predicted molar refractivity (Wildman–Crippen MR) is 118 cm³/mol. The van der Waals surface area contributed by atoms with Crippen LogP contribution >= 0.6 is 0 Å². The van der Waals surface area contributed by atoms with E-state index in [-0.39, 0.29) is 22.3 Å². The fraction of sp³-hybridized carbons (Fsp3) is 0.154. The minimum Gasteiger partial charge on any atom is -0.480 e. The van der Waals surface area contributed by atoms with Crippen LogP contribution in [0.25, 0.3) is 0 Å². The molecule has 7 nitrogen and oxygen atoms in total. The monoisotopic (exact) mass is 440 g/mol. The third-order valence-electron chi connectivity index (χ3n) is 5.29. The summed E-state index contributed by atoms with van der Waals surface area (Å²) in [5.41, 5.74) is -0.318. The minimum atomic E-state index is -1.31. The van der Waals surface area contributed by atoms with Crippen molar-refractivity contribution in [3.63, 3.8) is 0 Å². The van der Waals surface area contributed by atoms with Crippen LogP contribution in [-0.4, -0.2) is 28.3 Å². The van der Waals surface area contributed by atoms with Crippen molar-refractivity contribution in [3.8, 4) is 11.8 Å². The summed E-state index contributed by atoms with van der Waals surface area (Å²) >= 11 is 0. The summed E-state index contributed by atoms with van der Waals surface area (Å²) < 4.78 is 5.85. The summed E-state index contributed by atoms with van der Waals surface area (Å²) in [6.07, 6.45) is 0. The van der Waals surface area contributed by atoms with E-state index in [2.05, 4.69) is 0 Å². The average Bonchev–Trinajstić information content (AvgIpc) is 2.84. The molecule has 0 saturated carbocycles. The molecule has 3 aromatic rings. The van der Waals surface area contributed by atoms with Crippen LogP contribution in [-0.2, 0) is 9.63 Å². The van der Waals surface area contributed by atoms with Crippen molar-refractivity contribution in [2.24, 2.45) is 0 Å². The largest absolute Gasteiger partial charge is 0.480 e. The van der Waals surface area contributed by atoms with Crippen molar-refractivity contribution in [3.05, 3.63) is 101 Å². The third-order valence-corrected chi connectivity index (χ3v) is 5.29. The number of ketones is 1. The fourth-order valence-corrected chi connectivity index (χ4v) is 3.59. The highest BCUT2D eigenvalue weighted by atomic mass is 16.7. The Morgan fingerprint density at radius 3 is 2.18 bits per heavy atom. The van der Waals surface area contributed by atoms with Gasteiger partial charge in [0.15, 0.2) is 11.6 Å². The molecular weight excluding hydrogens is 420 g/mol. The van der Waals surface area contributed by atoms with Crippen LogP contribution < -0.4 is 4.74 Å². The lowest BCUT2D eigenvalue weighted by atomic mass is 9.87. The van der Waals surface area contributed by atoms with E-state index in [0.29, 0.717) is 5.75 Å². The van der Waals surface area contributed by atoms with Crippen molar-refractivity contribution >= 4 is 17.7 Å². The molecule has 7 heteroatoms. The van der Waals surface area contributed by atoms with E-state index in [9.17, 15) is 19.6 Å². The van der Waals surface area contributed by atoms with Gasteiger partial charge in [-0.2, -0.15) is 10.3 Å². The van der Waals surface area contributed by atoms with E-state index in [1.165, 1.54) is 6.07 Å². The number of benzene rings is 3. The van der Waals surface area contributed by atoms with Crippen molar-refractivity contribution in [1.82, 2.24) is 5.06 Å². The second kappa shape index (κ2) is 8.60. The molecule has 1 unspecified atom stereocenters. The van der Waals surface area contributed by atoms with E-state index in [1.54, 1.807) is 86.6 Å². The Morgan fingerprint density at radius 2 is 1.58 bits per heavy atom. The molecule has 1 amide bonds. The molecule has 33 heavy (non-hydrogen) atoms. The number of ether oxygens (including phenoxy) is 1. The van der Waals surface area contributed by atoms with E-state index in [4.69, 9.17) is 9.57 Å². The molecule has 0 saturated heterocycles. The second-order valence-corrected chi connectivity index (χ2v) is 7.99. The summed E-state index contributed by atoms with van der Waals surface area (Å²) in [4.78, 5) is 45.5. The molecule has 0 spiro atoms. The van der Waals surface area contributed by atoms with Gasteiger partial charge in [-0.15, -0.1) is 0 Å². The number of hydroxylamine groups is 2. The van der Waals surface area contributed by atoms with Crippen LogP contribution in [0.5, 0.6) is 5.75 Å². The van der Waals surface area contributed by atoms with Gasteiger partial charge in [0.2, 0.25) is 5.78 Å². The first-order valence-electron chi connectivity index (χ1n) is 10.2. The first-order valence-corrected chi connectivity index (χ1v) is 10.2. The summed E-state index contributed by atoms with van der Waals surface area (Å²) in [5, 5.41) is 10.2. The highest BCUT2D eigenvalue weighted by Crippen LogP contribution is 2.41. The number of hydrogen-bond donors (Lipinski definition) is 0. The van der Waals surface area contributed by atoms with Gasteiger partial charge in [-0.3, -0.25) is 9.59 Å². The van der Waals surface area contributed by atoms with Gasteiger partial charge >= 0.3 is 5.97 Å². The number of Topliss-reactive ketones (excluding diaryl/α,β-unsaturated/α-hetero) is 1. The number of fused-ring (bicyclic) bond motifs is 1. The topological polar surface area (TPSA) is 96.7 Å². The van der Waals surface area contributed by atoms with Crippen LogP contribution in [0.2, 0.25) is 0 Å². The van der Waals surface area contributed by atoms with E-state index in [1.807, 2.05) is 6.07 Å². The molecule has 1 atom stereocenters. The lowest BCUT2D eigenvalue weighted by Crippen LogP contribution is -2.52. The molecule has 0 N–H and O–H groups in total. The predicted octanol–water partition coefficient (Wildman–Crippen LogP) is 4.25. The molecule has 164 valence electrons. The van der Waals surface area contributed by atoms with Crippen molar-refractivity contribution < 1.29 is 24.0 Å². The normalized spacial score (nSPS) is 16.0. The maximum Gasteiger partial charge on any atom is 0.363 e. The number of nitriles is 1. The molecule has 1 aliphatic rings. The highest BCUT2D eigenvalue weighted by molar-refractivity contribution is 6.02. The number of rotatable bonds is 3. The van der Waals surface area contributed by atoms with Crippen LogP contribution in [0, 0.1) is 11.3 Å². The van der Waals surface area contributed by atoms with Crippen molar-refractivity contribution in [2.75, 3.05) is 0 Å². The Morgan fingerprint density at radius 1 is 0.970 bits per heavy atom. The Kier molecular flexibility index (Phi) is 5.67. The van der Waals surface area contributed by atoms with Gasteiger partial charge in [-0.1, -0.05) is 36.4 Å². The first-order chi connectivity index (χ1) is 15.8. The van der Waals surface area contributed by atoms with Gasteiger partial charge in [0.05, 0.1) is 17.2 Å². The molecule has 1 aliphatic heterocycles. The Bertz CT molecular complexity index is 1260. The van der Waals surface area contributed by atoms with Gasteiger partial charge in [0, 0.05) is 11.1 Å². The standard InChI is InChI=1S/C26H20N2O5/c1-26(2)23(29)22(20-15-17(16-27)13-14-21(20)32-26)28(24(30)18-9-5-3-6-10-18)33-25(31)19-11-7-4-8-12-19/h3-15,22H,1-2H3. The molecule has 0 radical (unpaired) electrons. The Labute approximate surface area is 190 Å². The molecule has 0 fully saturated rings. The maximum absolute atomic E-state index is 13.5. The number of hydrogen-bond acceptors (Lipinski definition) is 6. The van der Waals surface area contributed by atoms with Crippen molar-refractivity contribution in [2.45, 2.75) is 25.5 Å². The van der Waals surface area contributed by atoms with Crippen LogP contribution in [0.3, 0.4) is 0 Å². The van der Waals surface area contributed by atoms with E-state index in [0.717, 1.165) is 5.06 Å². The van der Waals surface area contributed by atoms with Gasteiger partial charge in [0.25, 0.3) is 5.91 Å². The molecule has 4 rings (SSSR count). The number of carbonyl (C=O) groups excluding carboxylic acids is 3. The highest BCUT2D eigenvalue weighted by Gasteiger charge is 2.48. The summed E-state index contributed by atoms with van der Waals surface area (Å²) in [7, 11) is 0. The summed E-state index contributed by atoms with van der Waals surface area (Å²) in [6, 6.07) is 21.7. The lowest BCUT2D eigenvalue weighted by molar-refractivity contribution is -0.158. The first kappa shape index (κ1) is 21.8. The quantitative estimate of drug-likeness (QED) is 0.565. The summed E-state index contributed by atoms with van der Waals surface area (Å²) in [6.45, 7) is 3.15. The molecular formula is C26H20N2O5.